The number of hydrogen-bond donors (Lipinski definition) is 5. The zero-order chi connectivity index (χ0) is 39.4. The Morgan fingerprint density at radius 2 is 1.60 bits per heavy atom. The molecule has 286 valence electrons. The van der Waals surface area contributed by atoms with E-state index in [-0.39, 0.29) is 60.8 Å². The van der Waals surface area contributed by atoms with Gasteiger partial charge < -0.3 is 34.2 Å². The van der Waals surface area contributed by atoms with Crippen molar-refractivity contribution in [3.05, 3.63) is 88.4 Å². The van der Waals surface area contributed by atoms with Gasteiger partial charge in [0, 0.05) is 45.1 Å². The number of carboxylic acids is 1. The van der Waals surface area contributed by atoms with Crippen LogP contribution in [0.4, 0.5) is 11.9 Å². The molecule has 4 aromatic heterocycles. The number of nitrogens with zero attached hydrogens (tertiary/aromatic N) is 7. The minimum absolute atomic E-state index is 0.0369. The first-order valence-corrected chi connectivity index (χ1v) is 17.5. The zero-order valence-corrected chi connectivity index (χ0v) is 30.6. The molecule has 6 rings (SSSR count). The Bertz CT molecular complexity index is 2470. The first kappa shape index (κ1) is 37.9. The smallest absolute Gasteiger partial charge is 0.335 e. The molecule has 0 fully saturated rings. The lowest BCUT2D eigenvalue weighted by atomic mass is 10.1. The van der Waals surface area contributed by atoms with E-state index in [0.29, 0.717) is 64.4 Å². The van der Waals surface area contributed by atoms with Gasteiger partial charge in [-0.05, 0) is 56.7 Å². The second-order valence-electron chi connectivity index (χ2n) is 12.5. The zero-order valence-electron chi connectivity index (χ0n) is 30.6. The molecular formula is C37H40N10O8. The number of imidazole rings is 2. The lowest BCUT2D eigenvalue weighted by Crippen LogP contribution is -2.19. The van der Waals surface area contributed by atoms with Crippen molar-refractivity contribution in [2.45, 2.75) is 60.2 Å². The minimum atomic E-state index is -1.12. The van der Waals surface area contributed by atoms with E-state index < -0.39 is 23.7 Å². The maximum atomic E-state index is 13.5. The highest BCUT2D eigenvalue weighted by Crippen LogP contribution is 2.32. The van der Waals surface area contributed by atoms with Gasteiger partial charge in [-0.1, -0.05) is 19.1 Å². The van der Waals surface area contributed by atoms with Crippen LogP contribution >= 0.6 is 0 Å². The van der Waals surface area contributed by atoms with Crippen LogP contribution < -0.4 is 21.1 Å². The number of nitrogens with two attached hydrogens (primary N) is 1. The highest BCUT2D eigenvalue weighted by Gasteiger charge is 2.24. The first-order valence-electron chi connectivity index (χ1n) is 17.5. The topological polar surface area (TPSA) is 248 Å². The number of ether oxygens (including phenoxy) is 1. The number of anilines is 2. The summed E-state index contributed by atoms with van der Waals surface area (Å²) in [5, 5.41) is 29.0. The number of aliphatic hydroxyl groups is 1. The van der Waals surface area contributed by atoms with Crippen molar-refractivity contribution < 1.29 is 38.5 Å². The number of amides is 3. The van der Waals surface area contributed by atoms with Crippen molar-refractivity contribution >= 4 is 57.7 Å². The average Bonchev–Trinajstić information content (AvgIpc) is 3.92. The molecule has 0 spiro atoms. The molecular weight excluding hydrogens is 712 g/mol. The number of aliphatic hydroxyl groups excluding tert-OH is 1. The second-order valence-corrected chi connectivity index (χ2v) is 12.5. The maximum Gasteiger partial charge on any atom is 0.335 e. The summed E-state index contributed by atoms with van der Waals surface area (Å²) < 4.78 is 16.6. The van der Waals surface area contributed by atoms with E-state index >= 15 is 0 Å². The highest BCUT2D eigenvalue weighted by molar-refractivity contribution is 6.05. The molecule has 6 aromatic rings. The molecule has 6 N–H and O–H groups in total. The van der Waals surface area contributed by atoms with Gasteiger partial charge in [-0.15, -0.1) is 0 Å². The maximum absolute atomic E-state index is 13.5. The number of aromatic carboxylic acids is 1. The predicted octanol–water partition coefficient (Wildman–Crippen LogP) is 4.09. The molecule has 0 unspecified atom stereocenters. The van der Waals surface area contributed by atoms with E-state index in [9.17, 15) is 29.4 Å². The van der Waals surface area contributed by atoms with Crippen LogP contribution in [0.25, 0.3) is 22.1 Å². The molecule has 0 bridgehead atoms. The second kappa shape index (κ2) is 16.0. The van der Waals surface area contributed by atoms with Crippen LogP contribution in [0, 0.1) is 13.8 Å². The van der Waals surface area contributed by atoms with Crippen molar-refractivity contribution in [3.8, 4) is 5.75 Å². The number of rotatable bonds is 16. The number of primary amides is 1. The molecule has 0 aliphatic rings. The van der Waals surface area contributed by atoms with Crippen LogP contribution in [-0.2, 0) is 26.1 Å². The number of carbonyl (C=O) groups is 4. The van der Waals surface area contributed by atoms with Crippen LogP contribution in [0.15, 0.2) is 53.0 Å². The summed E-state index contributed by atoms with van der Waals surface area (Å²) in [5.41, 5.74) is 8.96. The Labute approximate surface area is 313 Å². The van der Waals surface area contributed by atoms with Gasteiger partial charge in [-0.25, -0.2) is 19.7 Å². The monoisotopic (exact) mass is 752 g/mol. The molecule has 55 heavy (non-hydrogen) atoms. The van der Waals surface area contributed by atoms with Gasteiger partial charge in [0.2, 0.25) is 23.6 Å². The number of aromatic nitrogens is 7. The molecule has 3 amide bonds. The van der Waals surface area contributed by atoms with Crippen molar-refractivity contribution in [1.29, 1.82) is 0 Å². The van der Waals surface area contributed by atoms with Gasteiger partial charge in [-0.3, -0.25) is 29.7 Å². The molecule has 0 radical (unpaired) electrons. The fraction of sp³-hybridized carbons (Fsp3) is 0.297. The van der Waals surface area contributed by atoms with Crippen LogP contribution in [0.3, 0.4) is 0 Å². The van der Waals surface area contributed by atoms with Crippen molar-refractivity contribution in [3.63, 3.8) is 0 Å². The lowest BCUT2D eigenvalue weighted by Gasteiger charge is -2.12. The van der Waals surface area contributed by atoms with E-state index in [0.717, 1.165) is 0 Å². The number of hydrogen-bond acceptors (Lipinski definition) is 11. The minimum Gasteiger partial charge on any atom is -0.491 e. The molecule has 0 atom stereocenters. The quantitative estimate of drug-likeness (QED) is 0.0693. The van der Waals surface area contributed by atoms with Gasteiger partial charge in [0.05, 0.1) is 40.1 Å². The van der Waals surface area contributed by atoms with Crippen LogP contribution in [0.1, 0.15) is 79.3 Å². The van der Waals surface area contributed by atoms with Gasteiger partial charge >= 0.3 is 5.97 Å². The number of benzene rings is 2. The molecule has 18 nitrogen and oxygen atoms in total. The molecule has 0 aliphatic carbocycles. The molecule has 0 aliphatic heterocycles. The number of fused-ring (bicyclic) bond motifs is 2. The summed E-state index contributed by atoms with van der Waals surface area (Å²) >= 11 is 0. The number of carboxylic acid groups (broad SMARTS) is 1. The van der Waals surface area contributed by atoms with Crippen LogP contribution in [-0.4, -0.2) is 81.0 Å². The van der Waals surface area contributed by atoms with Gasteiger partial charge in [-0.2, -0.15) is 5.10 Å². The number of aryl methyl sites for hydroxylation is 4. The fourth-order valence-corrected chi connectivity index (χ4v) is 6.09. The third-order valence-corrected chi connectivity index (χ3v) is 8.62. The third kappa shape index (κ3) is 7.93. The summed E-state index contributed by atoms with van der Waals surface area (Å²) in [4.78, 5) is 64.4. The van der Waals surface area contributed by atoms with Crippen molar-refractivity contribution in [1.82, 2.24) is 33.9 Å². The molecule has 2 aromatic carbocycles. The lowest BCUT2D eigenvalue weighted by molar-refractivity contribution is 0.0696. The van der Waals surface area contributed by atoms with Crippen LogP contribution in [0.5, 0.6) is 5.75 Å². The number of allylic oxidation sites excluding steroid dienone is 2. The molecule has 4 heterocycles. The van der Waals surface area contributed by atoms with Gasteiger partial charge in [0.15, 0.2) is 5.89 Å². The van der Waals surface area contributed by atoms with Crippen LogP contribution in [0.2, 0.25) is 0 Å². The Morgan fingerprint density at radius 1 is 0.909 bits per heavy atom. The molecule has 0 saturated carbocycles. The van der Waals surface area contributed by atoms with Crippen molar-refractivity contribution in [2.24, 2.45) is 5.73 Å². The summed E-state index contributed by atoms with van der Waals surface area (Å²) in [7, 11) is 0. The normalized spacial score (nSPS) is 11.5. The Balaban J connectivity index is 1.38. The van der Waals surface area contributed by atoms with Gasteiger partial charge in [0.1, 0.15) is 17.0 Å². The first-order chi connectivity index (χ1) is 26.4. The molecule has 18 heteroatoms. The predicted molar refractivity (Wildman–Crippen MR) is 200 cm³/mol. The third-order valence-electron chi connectivity index (χ3n) is 8.62. The standard InChI is InChI=1S/C37H40N10O8/c1-5-24-31(55-21(4)39-24)34(51)43-37-41-26-18-23(32(38)49)19-29(54-15-9-14-48)30(26)46(37)13-8-7-12-45-27-11-10-22(35(52)53)17-25(27)40-36(45)42-33(50)28-16-20(3)44-47(28)6-2/h7-8,10-11,16-19,48H,5-6,9,12-15H2,1-4H3,(H2,38,49)(H,52,53)(H,40,42,50)(H,41,43,51)/b8-7+. The fourth-order valence-electron chi connectivity index (χ4n) is 6.09. The Kier molecular flexibility index (Phi) is 11.1. The van der Waals surface area contributed by atoms with E-state index in [1.807, 2.05) is 13.8 Å². The summed E-state index contributed by atoms with van der Waals surface area (Å²) in [5.74, 6) is -1.93. The summed E-state index contributed by atoms with van der Waals surface area (Å²) in [6, 6.07) is 9.15. The van der Waals surface area contributed by atoms with E-state index in [1.165, 1.54) is 24.3 Å². The molecule has 0 saturated heterocycles. The Hall–Kier alpha value is -6.82. The largest absolute Gasteiger partial charge is 0.491 e. The van der Waals surface area contributed by atoms with E-state index in [2.05, 4.69) is 30.7 Å². The Morgan fingerprint density at radius 3 is 2.29 bits per heavy atom. The van der Waals surface area contributed by atoms with Gasteiger partial charge in [0.25, 0.3) is 11.8 Å². The number of nitrogens with one attached hydrogen (secondary N) is 2. The van der Waals surface area contributed by atoms with E-state index in [4.69, 9.17) is 14.9 Å². The number of oxazole rings is 1. The SMILES string of the molecule is CCc1nc(C)oc1C(=O)Nc1nc2cc(C(N)=O)cc(OCCCO)c2n1C/C=C/Cn1c(NC(=O)c2cc(C)nn2CC)nc2cc(C(=O)O)ccc21. The number of carbonyl (C=O) groups excluding carboxylic acids is 3. The highest BCUT2D eigenvalue weighted by atomic mass is 16.5. The average molecular weight is 753 g/mol. The van der Waals surface area contributed by atoms with E-state index in [1.54, 1.807) is 51.9 Å². The summed E-state index contributed by atoms with van der Waals surface area (Å²) in [6.07, 6.45) is 4.37. The summed E-state index contributed by atoms with van der Waals surface area (Å²) in [6.45, 7) is 7.93. The van der Waals surface area contributed by atoms with Crippen molar-refractivity contribution in [2.75, 3.05) is 23.8 Å².